The van der Waals surface area contributed by atoms with Gasteiger partial charge in [-0.15, -0.1) is 0 Å². The number of aliphatic carboxylic acids is 1. The monoisotopic (exact) mass is 278 g/mol. The Labute approximate surface area is 100 Å². The predicted molar refractivity (Wildman–Crippen MR) is 52.0 cm³/mol. The first kappa shape index (κ1) is 18.9. The molecule has 0 rings (SSSR count). The second kappa shape index (κ2) is 8.64. The van der Waals surface area contributed by atoms with Crippen LogP contribution in [0.2, 0.25) is 0 Å². The number of amides is 1. The van der Waals surface area contributed by atoms with Crippen LogP contribution < -0.4 is 5.73 Å². The molecule has 0 aliphatic heterocycles. The zero-order valence-electron chi connectivity index (χ0n) is 9.70. The average molecular weight is 278 g/mol. The highest BCUT2D eigenvalue weighted by Crippen LogP contribution is 2.13. The molecule has 3 N–H and O–H groups in total. The van der Waals surface area contributed by atoms with Crippen molar-refractivity contribution < 1.29 is 37.1 Å². The fourth-order valence-corrected chi connectivity index (χ4v) is 0.503. The fourth-order valence-electron chi connectivity index (χ4n) is 0.503. The van der Waals surface area contributed by atoms with Crippen LogP contribution in [0.15, 0.2) is 0 Å². The summed E-state index contributed by atoms with van der Waals surface area (Å²) in [4.78, 5) is 24.3. The predicted octanol–water partition coefficient (Wildman–Crippen LogP) is 0.326. The molecule has 0 fully saturated rings. The van der Waals surface area contributed by atoms with Crippen molar-refractivity contribution in [2.45, 2.75) is 18.8 Å². The Bertz CT molecular complexity index is 272. The second-order valence-corrected chi connectivity index (χ2v) is 2.91. The number of nitrogens with two attached hydrogens (primary N) is 1. The molecule has 0 unspecified atom stereocenters. The Hall–Kier alpha value is -1.42. The lowest BCUT2D eigenvalue weighted by Gasteiger charge is -2.14. The molecule has 0 spiro atoms. The van der Waals surface area contributed by atoms with Crippen LogP contribution in [-0.2, 0) is 14.4 Å². The Morgan fingerprint density at radius 1 is 1.44 bits per heavy atom. The standard InChI is InChI=1S/C6H13FN2O2.C2HF3O2/c1-9(11-2)6(10)3-5(7)4-8;3-2(4,5)1(6)7/h5H,3-4,8H2,1-2H3;(H,6,7)/t5-;/m1./s1. The molecular weight excluding hydrogens is 264 g/mol. The first-order valence-electron chi connectivity index (χ1n) is 4.51. The molecule has 0 aromatic rings. The number of carboxylic acids is 1. The third-order valence-electron chi connectivity index (χ3n) is 1.52. The maximum atomic E-state index is 12.5. The van der Waals surface area contributed by atoms with Gasteiger partial charge in [-0.3, -0.25) is 9.63 Å². The van der Waals surface area contributed by atoms with Gasteiger partial charge in [-0.2, -0.15) is 13.2 Å². The molecule has 0 radical (unpaired) electrons. The number of hydrogen-bond acceptors (Lipinski definition) is 4. The number of alkyl halides is 4. The van der Waals surface area contributed by atoms with Crippen LogP contribution >= 0.6 is 0 Å². The van der Waals surface area contributed by atoms with E-state index in [1.807, 2.05) is 0 Å². The number of rotatable bonds is 4. The lowest BCUT2D eigenvalue weighted by molar-refractivity contribution is -0.192. The summed E-state index contributed by atoms with van der Waals surface area (Å²) in [7, 11) is 2.76. The van der Waals surface area contributed by atoms with E-state index in [1.165, 1.54) is 14.2 Å². The summed E-state index contributed by atoms with van der Waals surface area (Å²) < 4.78 is 44.2. The molecule has 1 amide bonds. The van der Waals surface area contributed by atoms with Crippen LogP contribution in [0.1, 0.15) is 6.42 Å². The number of hydrogen-bond donors (Lipinski definition) is 2. The highest BCUT2D eigenvalue weighted by Gasteiger charge is 2.38. The normalized spacial score (nSPS) is 12.2. The summed E-state index contributed by atoms with van der Waals surface area (Å²) in [5, 5.41) is 8.10. The van der Waals surface area contributed by atoms with Crippen molar-refractivity contribution in [1.29, 1.82) is 0 Å². The summed E-state index contributed by atoms with van der Waals surface area (Å²) in [5.74, 6) is -3.17. The molecule has 0 bridgehead atoms. The van der Waals surface area contributed by atoms with Gasteiger partial charge < -0.3 is 10.8 Å². The van der Waals surface area contributed by atoms with Crippen molar-refractivity contribution in [1.82, 2.24) is 5.06 Å². The van der Waals surface area contributed by atoms with Gasteiger partial charge in [0.15, 0.2) is 0 Å². The van der Waals surface area contributed by atoms with Crippen LogP contribution in [-0.4, -0.2) is 55.1 Å². The molecule has 108 valence electrons. The highest BCUT2D eigenvalue weighted by atomic mass is 19.4. The Balaban J connectivity index is 0. The number of carbonyl (C=O) groups excluding carboxylic acids is 1. The molecule has 0 aromatic carbocycles. The maximum absolute atomic E-state index is 12.5. The van der Waals surface area contributed by atoms with Crippen LogP contribution in [0, 0.1) is 0 Å². The minimum atomic E-state index is -5.08. The summed E-state index contributed by atoms with van der Waals surface area (Å²) >= 11 is 0. The molecule has 0 heterocycles. The van der Waals surface area contributed by atoms with Crippen molar-refractivity contribution in [3.63, 3.8) is 0 Å². The van der Waals surface area contributed by atoms with E-state index in [-0.39, 0.29) is 13.0 Å². The van der Waals surface area contributed by atoms with Gasteiger partial charge in [0.05, 0.1) is 13.5 Å². The summed E-state index contributed by atoms with van der Waals surface area (Å²) in [6, 6.07) is 0. The molecule has 10 heteroatoms. The van der Waals surface area contributed by atoms with Crippen LogP contribution in [0.4, 0.5) is 17.6 Å². The van der Waals surface area contributed by atoms with Gasteiger partial charge in [0.25, 0.3) is 0 Å². The van der Waals surface area contributed by atoms with Crippen molar-refractivity contribution in [2.24, 2.45) is 5.73 Å². The highest BCUT2D eigenvalue weighted by molar-refractivity contribution is 5.75. The van der Waals surface area contributed by atoms with E-state index < -0.39 is 24.2 Å². The number of nitrogens with zero attached hydrogens (tertiary/aromatic N) is 1. The first-order chi connectivity index (χ1) is 8.06. The minimum absolute atomic E-state index is 0.136. The molecule has 0 aliphatic rings. The first-order valence-corrected chi connectivity index (χ1v) is 4.51. The van der Waals surface area contributed by atoms with Crippen LogP contribution in [0.3, 0.4) is 0 Å². The van der Waals surface area contributed by atoms with Crippen molar-refractivity contribution >= 4 is 11.9 Å². The smallest absolute Gasteiger partial charge is 0.475 e. The third-order valence-corrected chi connectivity index (χ3v) is 1.52. The molecule has 1 atom stereocenters. The Morgan fingerprint density at radius 2 is 1.83 bits per heavy atom. The number of carbonyl (C=O) groups is 2. The SMILES string of the molecule is CON(C)C(=O)C[C@@H](F)CN.O=C(O)C(F)(F)F. The summed E-state index contributed by atoms with van der Waals surface area (Å²) in [5.41, 5.74) is 4.98. The van der Waals surface area contributed by atoms with E-state index in [9.17, 15) is 22.4 Å². The summed E-state index contributed by atoms with van der Waals surface area (Å²) in [6.07, 6.45) is -6.58. The Kier molecular flexibility index (Phi) is 9.09. The van der Waals surface area contributed by atoms with Gasteiger partial charge >= 0.3 is 12.1 Å². The molecule has 0 saturated heterocycles. The molecule has 0 saturated carbocycles. The third kappa shape index (κ3) is 9.78. The fraction of sp³-hybridized carbons (Fsp3) is 0.750. The zero-order valence-corrected chi connectivity index (χ0v) is 9.70. The number of carboxylic acid groups (broad SMARTS) is 1. The van der Waals surface area contributed by atoms with Crippen molar-refractivity contribution in [3.8, 4) is 0 Å². The lowest BCUT2D eigenvalue weighted by Crippen LogP contribution is -2.30. The Morgan fingerprint density at radius 3 is 2.06 bits per heavy atom. The van der Waals surface area contributed by atoms with E-state index in [0.717, 1.165) is 5.06 Å². The van der Waals surface area contributed by atoms with Crippen LogP contribution in [0.5, 0.6) is 0 Å². The summed E-state index contributed by atoms with van der Waals surface area (Å²) in [6.45, 7) is -0.136. The number of hydroxylamine groups is 2. The van der Waals surface area contributed by atoms with E-state index in [1.54, 1.807) is 0 Å². The molecule has 0 aromatic heterocycles. The lowest BCUT2D eigenvalue weighted by atomic mass is 10.2. The van der Waals surface area contributed by atoms with E-state index in [0.29, 0.717) is 0 Å². The van der Waals surface area contributed by atoms with E-state index in [2.05, 4.69) is 4.84 Å². The number of halogens is 4. The molecule has 0 aliphatic carbocycles. The largest absolute Gasteiger partial charge is 0.490 e. The molecule has 6 nitrogen and oxygen atoms in total. The van der Waals surface area contributed by atoms with E-state index >= 15 is 0 Å². The second-order valence-electron chi connectivity index (χ2n) is 2.91. The minimum Gasteiger partial charge on any atom is -0.475 e. The maximum Gasteiger partial charge on any atom is 0.490 e. The van der Waals surface area contributed by atoms with Gasteiger partial charge in [-0.1, -0.05) is 0 Å². The molecule has 18 heavy (non-hydrogen) atoms. The van der Waals surface area contributed by atoms with Gasteiger partial charge in [0, 0.05) is 13.6 Å². The van der Waals surface area contributed by atoms with Crippen LogP contribution in [0.25, 0.3) is 0 Å². The van der Waals surface area contributed by atoms with Gasteiger partial charge in [0.2, 0.25) is 5.91 Å². The zero-order chi connectivity index (χ0) is 14.9. The van der Waals surface area contributed by atoms with Gasteiger partial charge in [-0.05, 0) is 0 Å². The molecular formula is C8H14F4N2O4. The van der Waals surface area contributed by atoms with Gasteiger partial charge in [0.1, 0.15) is 6.17 Å². The average Bonchev–Trinajstić information content (AvgIpc) is 2.27. The van der Waals surface area contributed by atoms with Crippen molar-refractivity contribution in [3.05, 3.63) is 0 Å². The van der Waals surface area contributed by atoms with Crippen molar-refractivity contribution in [2.75, 3.05) is 20.7 Å². The quantitative estimate of drug-likeness (QED) is 0.571. The van der Waals surface area contributed by atoms with E-state index in [4.69, 9.17) is 15.6 Å². The van der Waals surface area contributed by atoms with Gasteiger partial charge in [-0.25, -0.2) is 14.2 Å². The topological polar surface area (TPSA) is 92.9 Å².